The second-order valence-corrected chi connectivity index (χ2v) is 15.2. The number of methoxy groups -OCH3 is 2. The average Bonchev–Trinajstić information content (AvgIpc) is 3.54. The van der Waals surface area contributed by atoms with Gasteiger partial charge < -0.3 is 19.1 Å². The largest absolute Gasteiger partial charge is 0.505 e. The molecule has 1 saturated heterocycles. The molecule has 0 spiro atoms. The summed E-state index contributed by atoms with van der Waals surface area (Å²) in [5.41, 5.74) is -4.13. The Labute approximate surface area is 335 Å². The number of phenols is 1. The van der Waals surface area contributed by atoms with Gasteiger partial charge in [0.1, 0.15) is 11.4 Å². The van der Waals surface area contributed by atoms with E-state index in [1.807, 2.05) is 0 Å². The van der Waals surface area contributed by atoms with Gasteiger partial charge in [0.05, 0.1) is 37.8 Å². The van der Waals surface area contributed by atoms with Gasteiger partial charge in [0, 0.05) is 44.5 Å². The number of aromatic nitrogens is 5. The van der Waals surface area contributed by atoms with E-state index in [2.05, 4.69) is 4.98 Å². The number of halogens is 8. The van der Waals surface area contributed by atoms with E-state index in [0.29, 0.717) is 28.6 Å². The topological polar surface area (TPSA) is 160 Å². The van der Waals surface area contributed by atoms with E-state index in [1.54, 1.807) is 6.07 Å². The van der Waals surface area contributed by atoms with Crippen LogP contribution in [-0.4, -0.2) is 64.4 Å². The van der Waals surface area contributed by atoms with Gasteiger partial charge in [-0.05, 0) is 23.3 Å². The van der Waals surface area contributed by atoms with E-state index >= 15 is 8.78 Å². The molecule has 0 radical (unpaired) electrons. The number of fused-ring (bicyclic) bond motifs is 5. The zero-order chi connectivity index (χ0) is 42.8. The molecular weight excluding hydrogens is 841 g/mol. The van der Waals surface area contributed by atoms with Crippen molar-refractivity contribution in [2.24, 2.45) is 7.05 Å². The van der Waals surface area contributed by atoms with Gasteiger partial charge in [-0.1, -0.05) is 12.1 Å². The first-order valence-corrected chi connectivity index (χ1v) is 18.1. The molecule has 308 valence electrons. The van der Waals surface area contributed by atoms with Crippen molar-refractivity contribution in [3.8, 4) is 17.2 Å². The first-order chi connectivity index (χ1) is 27.8. The van der Waals surface area contributed by atoms with Crippen molar-refractivity contribution in [1.82, 2.24) is 23.5 Å². The van der Waals surface area contributed by atoms with Crippen LogP contribution in [0, 0.1) is 34.9 Å². The summed E-state index contributed by atoms with van der Waals surface area (Å²) in [6, 6.07) is 4.21. The summed E-state index contributed by atoms with van der Waals surface area (Å²) >= 11 is 14.1. The maximum absolute atomic E-state index is 15.3. The normalized spacial score (nSPS) is 22.4. The molecule has 2 aliphatic heterocycles. The summed E-state index contributed by atoms with van der Waals surface area (Å²) < 4.78 is 103. The van der Waals surface area contributed by atoms with E-state index in [-0.39, 0.29) is 28.2 Å². The standard InChI is InChI=1S/C37H26Cl2F6N6O8/c1-47-19-12-23(59-3)22(58-2)11-18(19)46-17(31(47)53)7-8-48-34(56)49-9-6-15-20(51(49)35(48)57)13-36(38)32(54)50(30-28(44)26(42)25(41)27(43)29(30)45)33(55)37(36,39)24(15)14-4-5-21(52)16(40)10-14/h4-6,10-12,20,24,52H,7-9,13H2,1-3H3/t20-,24+,36-,37+/m1/s1. The molecular formula is C37H26Cl2F6N6O8. The molecule has 59 heavy (non-hydrogen) atoms. The Morgan fingerprint density at radius 3 is 2.12 bits per heavy atom. The number of aromatic hydroxyl groups is 1. The first-order valence-electron chi connectivity index (χ1n) is 17.3. The summed E-state index contributed by atoms with van der Waals surface area (Å²) in [5, 5.41) is 9.97. The number of ether oxygens (including phenoxy) is 2. The molecule has 2 amide bonds. The van der Waals surface area contributed by atoms with Crippen LogP contribution < -0.4 is 31.3 Å². The highest BCUT2D eigenvalue weighted by atomic mass is 35.5. The van der Waals surface area contributed by atoms with Crippen LogP contribution in [0.4, 0.5) is 32.0 Å². The van der Waals surface area contributed by atoms with Gasteiger partial charge in [-0.25, -0.2) is 59.7 Å². The van der Waals surface area contributed by atoms with E-state index in [4.69, 9.17) is 32.7 Å². The number of benzene rings is 3. The molecule has 1 saturated carbocycles. The zero-order valence-electron chi connectivity index (χ0n) is 30.5. The number of imide groups is 1. The number of allylic oxidation sites excluding steroid dienone is 2. The molecule has 0 unspecified atom stereocenters. The smallest absolute Gasteiger partial charge is 0.347 e. The molecule has 1 aliphatic carbocycles. The molecule has 0 bridgehead atoms. The first kappa shape index (κ1) is 39.8. The van der Waals surface area contributed by atoms with Crippen LogP contribution in [0.3, 0.4) is 0 Å². The van der Waals surface area contributed by atoms with Crippen molar-refractivity contribution in [2.45, 2.75) is 47.6 Å². The number of rotatable bonds is 7. The minimum absolute atomic E-state index is 0.0320. The third-order valence-electron chi connectivity index (χ3n) is 11.1. The predicted octanol–water partition coefficient (Wildman–Crippen LogP) is 4.06. The van der Waals surface area contributed by atoms with Crippen LogP contribution in [0.25, 0.3) is 11.0 Å². The van der Waals surface area contributed by atoms with Crippen molar-refractivity contribution >= 4 is 51.7 Å². The number of nitrogens with zero attached hydrogens (tertiary/aromatic N) is 6. The summed E-state index contributed by atoms with van der Waals surface area (Å²) in [5.74, 6) is -19.5. The quantitative estimate of drug-likeness (QED) is 0.0636. The highest BCUT2D eigenvalue weighted by Crippen LogP contribution is 2.64. The van der Waals surface area contributed by atoms with Crippen molar-refractivity contribution in [2.75, 3.05) is 19.1 Å². The van der Waals surface area contributed by atoms with Gasteiger partial charge in [-0.2, -0.15) is 0 Å². The van der Waals surface area contributed by atoms with E-state index in [1.165, 1.54) is 38.0 Å². The third-order valence-corrected chi connectivity index (χ3v) is 12.5. The van der Waals surface area contributed by atoms with Crippen molar-refractivity contribution in [3.05, 3.63) is 119 Å². The van der Waals surface area contributed by atoms with Crippen molar-refractivity contribution in [3.63, 3.8) is 0 Å². The number of amides is 2. The van der Waals surface area contributed by atoms with Gasteiger partial charge in [0.15, 0.2) is 56.1 Å². The van der Waals surface area contributed by atoms with Gasteiger partial charge >= 0.3 is 11.4 Å². The lowest BCUT2D eigenvalue weighted by Crippen LogP contribution is -2.59. The fourth-order valence-electron chi connectivity index (χ4n) is 8.23. The molecule has 8 rings (SSSR count). The van der Waals surface area contributed by atoms with Crippen molar-refractivity contribution in [1.29, 1.82) is 0 Å². The molecule has 2 fully saturated rings. The Balaban J connectivity index is 1.25. The van der Waals surface area contributed by atoms with E-state index in [0.717, 1.165) is 26.1 Å². The molecule has 4 atom stereocenters. The monoisotopic (exact) mass is 866 g/mol. The molecule has 2 aromatic heterocycles. The number of hydrogen-bond donors (Lipinski definition) is 1. The van der Waals surface area contributed by atoms with Gasteiger partial charge in [-0.15, -0.1) is 23.2 Å². The predicted molar refractivity (Wildman–Crippen MR) is 195 cm³/mol. The second kappa shape index (κ2) is 13.5. The Bertz CT molecular complexity index is 2920. The highest BCUT2D eigenvalue weighted by molar-refractivity contribution is 6.58. The van der Waals surface area contributed by atoms with E-state index < -0.39 is 116 Å². The summed E-state index contributed by atoms with van der Waals surface area (Å²) in [6.07, 6.45) is 0.177. The van der Waals surface area contributed by atoms with Crippen molar-refractivity contribution < 1.29 is 50.5 Å². The summed E-state index contributed by atoms with van der Waals surface area (Å²) in [6.45, 7) is -0.829. The van der Waals surface area contributed by atoms with Crippen LogP contribution in [-0.2, 0) is 36.1 Å². The Morgan fingerprint density at radius 2 is 1.49 bits per heavy atom. The number of carbonyl (C=O) groups excluding carboxylic acids is 2. The minimum atomic E-state index is -2.92. The molecule has 5 aromatic rings. The lowest BCUT2D eigenvalue weighted by molar-refractivity contribution is -0.122. The Kier molecular flexibility index (Phi) is 9.11. The Hall–Kier alpha value is -6.02. The summed E-state index contributed by atoms with van der Waals surface area (Å²) in [7, 11) is 4.30. The molecule has 3 aromatic carbocycles. The van der Waals surface area contributed by atoms with Crippen LogP contribution in [0.2, 0.25) is 0 Å². The fraction of sp³-hybridized carbons (Fsp3) is 0.297. The maximum atomic E-state index is 15.3. The molecule has 1 N–H and O–H groups in total. The molecule has 14 nitrogen and oxygen atoms in total. The van der Waals surface area contributed by atoms with Crippen LogP contribution in [0.1, 0.15) is 29.6 Å². The van der Waals surface area contributed by atoms with Crippen LogP contribution in [0.5, 0.6) is 17.2 Å². The highest BCUT2D eigenvalue weighted by Gasteiger charge is 2.76. The Morgan fingerprint density at radius 1 is 0.864 bits per heavy atom. The maximum Gasteiger partial charge on any atom is 0.347 e. The number of hydrogen-bond acceptors (Lipinski definition) is 9. The fourth-order valence-corrected chi connectivity index (χ4v) is 9.15. The van der Waals surface area contributed by atoms with E-state index in [9.17, 15) is 46.6 Å². The number of aryl methyl sites for hydroxylation is 2. The second-order valence-electron chi connectivity index (χ2n) is 14.0. The number of carbonyl (C=O) groups is 2. The zero-order valence-corrected chi connectivity index (χ0v) is 32.0. The number of alkyl halides is 2. The lowest BCUT2D eigenvalue weighted by Gasteiger charge is -2.49. The van der Waals surface area contributed by atoms with Gasteiger partial charge in [0.25, 0.3) is 17.4 Å². The number of phenolic OH excluding ortho intramolecular Hbond substituents is 1. The lowest BCUT2D eigenvalue weighted by atomic mass is 9.64. The van der Waals surface area contributed by atoms with Gasteiger partial charge in [-0.3, -0.25) is 14.4 Å². The minimum Gasteiger partial charge on any atom is -0.505 e. The van der Waals surface area contributed by atoms with Gasteiger partial charge in [0.2, 0.25) is 5.82 Å². The summed E-state index contributed by atoms with van der Waals surface area (Å²) in [4.78, 5) is 68.4. The van der Waals surface area contributed by atoms with Crippen LogP contribution in [0.15, 0.2) is 56.4 Å². The van der Waals surface area contributed by atoms with Crippen LogP contribution >= 0.6 is 23.2 Å². The molecule has 22 heteroatoms. The number of anilines is 1. The molecule has 3 aliphatic rings. The molecule has 4 heterocycles. The average molecular weight is 868 g/mol. The third kappa shape index (κ3) is 5.27. The SMILES string of the molecule is COc1cc2nc(CCn3c(=O)n4n(c3=O)[C@@H]3C[C@@]5(Cl)C(=O)N(c6c(F)c(F)c(F)c(F)c6F)C(=O)[C@@]5(Cl)[C@@H](c5ccc(O)c(F)c5)C3=CC4)c(=O)n(C)c2cc1OC.